The molecule has 3 fully saturated rings. The van der Waals surface area contributed by atoms with Gasteiger partial charge in [-0.3, -0.25) is 4.57 Å². The number of piperidine rings is 3. The number of nitrogens with zero attached hydrogens (tertiary/aromatic N) is 4. The zero-order chi connectivity index (χ0) is 14.6. The van der Waals surface area contributed by atoms with Crippen molar-refractivity contribution in [1.29, 1.82) is 0 Å². The highest BCUT2D eigenvalue weighted by Crippen LogP contribution is 2.44. The molecule has 0 aliphatic carbocycles. The Hall–Kier alpha value is -1.14. The van der Waals surface area contributed by atoms with Gasteiger partial charge in [-0.2, -0.15) is 4.98 Å². The summed E-state index contributed by atoms with van der Waals surface area (Å²) in [4.78, 5) is 11.2. The first kappa shape index (κ1) is 13.5. The fourth-order valence-electron chi connectivity index (χ4n) is 4.09. The lowest BCUT2D eigenvalue weighted by molar-refractivity contribution is -0.0279. The number of hydrogen-bond acceptors (Lipinski definition) is 4. The molecule has 0 saturated carbocycles. The smallest absolute Gasteiger partial charge is 0.296 e. The molecule has 112 valence electrons. The number of rotatable bonds is 2. The molecule has 2 aromatic heterocycles. The van der Waals surface area contributed by atoms with E-state index in [2.05, 4.69) is 37.7 Å². The molecule has 21 heavy (non-hydrogen) atoms. The van der Waals surface area contributed by atoms with Crippen LogP contribution < -0.4 is 0 Å². The van der Waals surface area contributed by atoms with Gasteiger partial charge in [-0.05, 0) is 53.8 Å². The molecule has 1 atom stereocenters. The lowest BCUT2D eigenvalue weighted by Crippen LogP contribution is -2.54. The Morgan fingerprint density at radius 2 is 2.19 bits per heavy atom. The van der Waals surface area contributed by atoms with E-state index in [0.29, 0.717) is 0 Å². The largest absolute Gasteiger partial charge is 0.480 e. The van der Waals surface area contributed by atoms with Gasteiger partial charge in [0.05, 0.1) is 0 Å². The third-order valence-electron chi connectivity index (χ3n) is 5.21. The van der Waals surface area contributed by atoms with Gasteiger partial charge in [0, 0.05) is 29.2 Å². The summed E-state index contributed by atoms with van der Waals surface area (Å²) in [5.41, 5.74) is 1.70. The maximum absolute atomic E-state index is 10.2. The molecule has 1 N–H and O–H groups in total. The molecule has 0 spiro atoms. The van der Waals surface area contributed by atoms with Crippen molar-refractivity contribution in [3.63, 3.8) is 0 Å². The number of imidazole rings is 1. The molecular weight excluding hydrogens is 332 g/mol. The molecule has 1 unspecified atom stereocenters. The number of fused-ring (bicyclic) bond motifs is 4. The first-order valence-corrected chi connectivity index (χ1v) is 8.28. The summed E-state index contributed by atoms with van der Waals surface area (Å²) < 4.78 is 2.76. The van der Waals surface area contributed by atoms with Crippen LogP contribution in [0.1, 0.15) is 19.8 Å². The molecule has 3 aliphatic heterocycles. The van der Waals surface area contributed by atoms with Crippen molar-refractivity contribution in [2.24, 2.45) is 11.3 Å². The molecule has 2 aromatic rings. The normalized spacial score (nSPS) is 31.9. The molecular formula is C15H19BrN4O. The van der Waals surface area contributed by atoms with Crippen molar-refractivity contribution >= 4 is 27.1 Å². The monoisotopic (exact) mass is 350 g/mol. The second-order valence-electron chi connectivity index (χ2n) is 6.70. The van der Waals surface area contributed by atoms with E-state index in [0.717, 1.165) is 34.6 Å². The minimum atomic E-state index is 0.0771. The summed E-state index contributed by atoms with van der Waals surface area (Å²) in [5.74, 6) is 0.731. The number of aromatic nitrogens is 3. The Morgan fingerprint density at radius 1 is 1.43 bits per heavy atom. The van der Waals surface area contributed by atoms with Crippen LogP contribution in [-0.4, -0.2) is 44.2 Å². The summed E-state index contributed by atoms with van der Waals surface area (Å²) >= 11 is 3.40. The van der Waals surface area contributed by atoms with Crippen molar-refractivity contribution in [3.05, 3.63) is 16.7 Å². The Kier molecular flexibility index (Phi) is 3.01. The number of aromatic hydroxyl groups is 1. The molecule has 0 radical (unpaired) electrons. The predicted molar refractivity (Wildman–Crippen MR) is 84.2 cm³/mol. The number of hydrogen-bond donors (Lipinski definition) is 1. The molecule has 6 heteroatoms. The van der Waals surface area contributed by atoms with Crippen LogP contribution >= 0.6 is 15.9 Å². The molecule has 3 saturated heterocycles. The predicted octanol–water partition coefficient (Wildman–Crippen LogP) is 2.63. The number of pyridine rings is 1. The first-order chi connectivity index (χ1) is 10.0. The average Bonchev–Trinajstić information content (AvgIpc) is 2.75. The van der Waals surface area contributed by atoms with Crippen LogP contribution in [0.2, 0.25) is 0 Å². The molecule has 2 bridgehead atoms. The van der Waals surface area contributed by atoms with E-state index in [9.17, 15) is 5.11 Å². The number of halogens is 1. The highest BCUT2D eigenvalue weighted by molar-refractivity contribution is 9.10. The maximum Gasteiger partial charge on any atom is 0.296 e. The maximum atomic E-state index is 10.2. The molecule has 3 aliphatic rings. The summed E-state index contributed by atoms with van der Waals surface area (Å²) in [6, 6.07) is 1.98. The molecule has 0 aromatic carbocycles. The topological polar surface area (TPSA) is 54.2 Å². The summed E-state index contributed by atoms with van der Waals surface area (Å²) in [6.07, 6.45) is 4.30. The second-order valence-corrected chi connectivity index (χ2v) is 7.61. The summed E-state index contributed by atoms with van der Waals surface area (Å²) in [5, 5.41) is 10.2. The Labute approximate surface area is 132 Å². The first-order valence-electron chi connectivity index (χ1n) is 7.48. The minimum absolute atomic E-state index is 0.0771. The quantitative estimate of drug-likeness (QED) is 0.904. The Balaban J connectivity index is 1.72. The van der Waals surface area contributed by atoms with Crippen molar-refractivity contribution in [2.45, 2.75) is 26.3 Å². The van der Waals surface area contributed by atoms with Gasteiger partial charge in [0.2, 0.25) is 0 Å². The molecule has 5 nitrogen and oxygen atoms in total. The van der Waals surface area contributed by atoms with Crippen molar-refractivity contribution in [3.8, 4) is 6.01 Å². The van der Waals surface area contributed by atoms with Gasteiger partial charge in [-0.1, -0.05) is 6.92 Å². The van der Waals surface area contributed by atoms with Gasteiger partial charge in [-0.15, -0.1) is 0 Å². The highest BCUT2D eigenvalue weighted by atomic mass is 79.9. The third-order valence-corrected chi connectivity index (χ3v) is 5.64. The van der Waals surface area contributed by atoms with Crippen LogP contribution in [0.4, 0.5) is 0 Å². The fourth-order valence-corrected chi connectivity index (χ4v) is 4.41. The van der Waals surface area contributed by atoms with Gasteiger partial charge >= 0.3 is 0 Å². The lowest BCUT2D eigenvalue weighted by Gasteiger charge is -2.51. The molecule has 5 heterocycles. The standard InChI is InChI=1S/C15H19BrN4O/c1-15(8-19-4-2-10(15)3-5-19)9-20-13-12(18-14(20)21)6-11(16)7-17-13/h6-7,10H,2-5,8-9H2,1H3,(H,18,21). The SMILES string of the molecule is CC1(Cn2c(O)nc3cc(Br)cnc32)CN2CCC1CC2. The zero-order valence-electron chi connectivity index (χ0n) is 12.1. The van der Waals surface area contributed by atoms with E-state index >= 15 is 0 Å². The van der Waals surface area contributed by atoms with Crippen molar-refractivity contribution < 1.29 is 5.11 Å². The highest BCUT2D eigenvalue weighted by Gasteiger charge is 2.44. The van der Waals surface area contributed by atoms with Gasteiger partial charge in [0.1, 0.15) is 5.52 Å². The lowest BCUT2D eigenvalue weighted by atomic mass is 9.68. The van der Waals surface area contributed by atoms with Gasteiger partial charge in [0.15, 0.2) is 5.65 Å². The second kappa shape index (κ2) is 4.68. The molecule has 5 rings (SSSR count). The van der Waals surface area contributed by atoms with Crippen molar-refractivity contribution in [1.82, 2.24) is 19.4 Å². The van der Waals surface area contributed by atoms with E-state index in [4.69, 9.17) is 0 Å². The van der Waals surface area contributed by atoms with E-state index in [1.807, 2.05) is 10.6 Å². The van der Waals surface area contributed by atoms with Crippen LogP contribution in [0.15, 0.2) is 16.7 Å². The van der Waals surface area contributed by atoms with Crippen LogP contribution in [-0.2, 0) is 6.54 Å². The van der Waals surface area contributed by atoms with Crippen molar-refractivity contribution in [2.75, 3.05) is 19.6 Å². The van der Waals surface area contributed by atoms with Gasteiger partial charge < -0.3 is 10.0 Å². The summed E-state index contributed by atoms with van der Waals surface area (Å²) in [6.45, 7) is 6.68. The van der Waals surface area contributed by atoms with Crippen LogP contribution in [0.25, 0.3) is 11.2 Å². The Morgan fingerprint density at radius 3 is 2.86 bits per heavy atom. The van der Waals surface area contributed by atoms with E-state index in [-0.39, 0.29) is 11.4 Å². The Bertz CT molecular complexity index is 692. The molecule has 0 amide bonds. The minimum Gasteiger partial charge on any atom is -0.480 e. The fraction of sp³-hybridized carbons (Fsp3) is 0.600. The van der Waals surface area contributed by atoms with Crippen LogP contribution in [0.5, 0.6) is 6.01 Å². The van der Waals surface area contributed by atoms with E-state index in [1.165, 1.54) is 25.9 Å². The van der Waals surface area contributed by atoms with Crippen LogP contribution in [0.3, 0.4) is 0 Å². The van der Waals surface area contributed by atoms with Crippen LogP contribution in [0, 0.1) is 11.3 Å². The average molecular weight is 351 g/mol. The summed E-state index contributed by atoms with van der Waals surface area (Å²) in [7, 11) is 0. The third kappa shape index (κ3) is 2.16. The van der Waals surface area contributed by atoms with Gasteiger partial charge in [0.25, 0.3) is 6.01 Å². The van der Waals surface area contributed by atoms with E-state index < -0.39 is 0 Å². The van der Waals surface area contributed by atoms with Gasteiger partial charge in [-0.25, -0.2) is 4.98 Å². The zero-order valence-corrected chi connectivity index (χ0v) is 13.7. The van der Waals surface area contributed by atoms with E-state index in [1.54, 1.807) is 6.20 Å².